The van der Waals surface area contributed by atoms with Crippen LogP contribution in [-0.2, 0) is 6.54 Å². The van der Waals surface area contributed by atoms with E-state index < -0.39 is 0 Å². The number of nitro benzene ring substituents is 1. The van der Waals surface area contributed by atoms with E-state index in [9.17, 15) is 14.5 Å². The third kappa shape index (κ3) is 4.65. The summed E-state index contributed by atoms with van der Waals surface area (Å²) in [5, 5.41) is 11.0. The lowest BCUT2D eigenvalue weighted by Crippen LogP contribution is -2.32. The summed E-state index contributed by atoms with van der Waals surface area (Å²) in [5.41, 5.74) is 2.24. The number of rotatable bonds is 5. The van der Waals surface area contributed by atoms with E-state index in [0.717, 1.165) is 50.3 Å². The Hall–Kier alpha value is -2.31. The molecule has 1 saturated heterocycles. The van der Waals surface area contributed by atoms with Crippen molar-refractivity contribution in [2.45, 2.75) is 25.9 Å². The van der Waals surface area contributed by atoms with E-state index in [1.165, 1.54) is 18.2 Å². The van der Waals surface area contributed by atoms with Crippen molar-refractivity contribution in [3.8, 4) is 0 Å². The maximum absolute atomic E-state index is 13.0. The molecule has 0 spiro atoms. The van der Waals surface area contributed by atoms with Gasteiger partial charge in [0.2, 0.25) is 0 Å². The Kier molecular flexibility index (Phi) is 5.96. The molecule has 2 aromatic rings. The van der Waals surface area contributed by atoms with Gasteiger partial charge in [0, 0.05) is 44.4 Å². The van der Waals surface area contributed by atoms with E-state index in [4.69, 9.17) is 0 Å². The molecule has 0 aliphatic carbocycles. The Morgan fingerprint density at radius 2 is 1.88 bits per heavy atom. The molecule has 1 heterocycles. The molecule has 1 fully saturated rings. The van der Waals surface area contributed by atoms with Crippen molar-refractivity contribution < 1.29 is 9.31 Å². The van der Waals surface area contributed by atoms with Gasteiger partial charge in [-0.15, -0.1) is 0 Å². The summed E-state index contributed by atoms with van der Waals surface area (Å²) in [5.74, 6) is -0.207. The topological polar surface area (TPSA) is 49.6 Å². The molecule has 0 N–H and O–H groups in total. The first-order chi connectivity index (χ1) is 12.5. The molecule has 1 aliphatic heterocycles. The van der Waals surface area contributed by atoms with Gasteiger partial charge >= 0.3 is 0 Å². The second-order valence-electron chi connectivity index (χ2n) is 6.82. The number of hydrogen-bond acceptors (Lipinski definition) is 4. The van der Waals surface area contributed by atoms with Crippen LogP contribution in [-0.4, -0.2) is 40.9 Å². The van der Waals surface area contributed by atoms with Crippen LogP contribution >= 0.6 is 0 Å². The van der Waals surface area contributed by atoms with Crippen molar-refractivity contribution in [1.82, 2.24) is 9.80 Å². The molecule has 0 amide bonds. The normalized spacial score (nSPS) is 17.6. The third-order valence-corrected chi connectivity index (χ3v) is 5.05. The van der Waals surface area contributed by atoms with Gasteiger partial charge in [0.25, 0.3) is 5.69 Å². The Labute approximate surface area is 153 Å². The van der Waals surface area contributed by atoms with Crippen LogP contribution < -0.4 is 0 Å². The second-order valence-corrected chi connectivity index (χ2v) is 6.82. The molecule has 26 heavy (non-hydrogen) atoms. The highest BCUT2D eigenvalue weighted by Gasteiger charge is 2.21. The number of non-ortho nitro benzene ring substituents is 1. The van der Waals surface area contributed by atoms with Gasteiger partial charge in [0.15, 0.2) is 0 Å². The van der Waals surface area contributed by atoms with E-state index in [1.54, 1.807) is 12.1 Å². The highest BCUT2D eigenvalue weighted by molar-refractivity contribution is 5.35. The van der Waals surface area contributed by atoms with Crippen molar-refractivity contribution >= 4 is 5.69 Å². The number of halogens is 1. The van der Waals surface area contributed by atoms with Crippen LogP contribution in [0.5, 0.6) is 0 Å². The quantitative estimate of drug-likeness (QED) is 0.599. The Bertz CT molecular complexity index is 751. The highest BCUT2D eigenvalue weighted by Crippen LogP contribution is 2.25. The number of nitrogens with zero attached hydrogens (tertiary/aromatic N) is 3. The molecular weight excluding hydrogens is 333 g/mol. The van der Waals surface area contributed by atoms with E-state index in [0.29, 0.717) is 0 Å². The molecule has 0 aromatic heterocycles. The van der Waals surface area contributed by atoms with Gasteiger partial charge in [-0.25, -0.2) is 4.39 Å². The smallest absolute Gasteiger partial charge is 0.269 e. The van der Waals surface area contributed by atoms with E-state index in [1.807, 2.05) is 18.2 Å². The highest BCUT2D eigenvalue weighted by atomic mass is 19.1. The van der Waals surface area contributed by atoms with Crippen molar-refractivity contribution in [2.24, 2.45) is 0 Å². The van der Waals surface area contributed by atoms with Gasteiger partial charge in [0.05, 0.1) is 4.92 Å². The molecule has 5 nitrogen and oxygen atoms in total. The average molecular weight is 357 g/mol. The van der Waals surface area contributed by atoms with Crippen LogP contribution in [0.25, 0.3) is 0 Å². The van der Waals surface area contributed by atoms with Gasteiger partial charge in [0.1, 0.15) is 5.82 Å². The van der Waals surface area contributed by atoms with Gasteiger partial charge < -0.3 is 0 Å². The summed E-state index contributed by atoms with van der Waals surface area (Å²) in [6.45, 7) is 6.72. The number of benzene rings is 2. The Morgan fingerprint density at radius 3 is 2.62 bits per heavy atom. The third-order valence-electron chi connectivity index (χ3n) is 5.05. The summed E-state index contributed by atoms with van der Waals surface area (Å²) in [6, 6.07) is 13.7. The molecule has 0 radical (unpaired) electrons. The summed E-state index contributed by atoms with van der Waals surface area (Å²) in [4.78, 5) is 15.4. The zero-order valence-corrected chi connectivity index (χ0v) is 15.0. The molecule has 1 unspecified atom stereocenters. The van der Waals surface area contributed by atoms with E-state index in [2.05, 4.69) is 16.7 Å². The molecule has 3 rings (SSSR count). The van der Waals surface area contributed by atoms with Crippen LogP contribution in [0.1, 0.15) is 30.5 Å². The first-order valence-corrected chi connectivity index (χ1v) is 8.98. The van der Waals surface area contributed by atoms with E-state index >= 15 is 0 Å². The minimum absolute atomic E-state index is 0.140. The lowest BCUT2D eigenvalue weighted by Gasteiger charge is -2.28. The Balaban J connectivity index is 1.61. The largest absolute Gasteiger partial charge is 0.298 e. The van der Waals surface area contributed by atoms with Crippen LogP contribution in [0.3, 0.4) is 0 Å². The van der Waals surface area contributed by atoms with Gasteiger partial charge in [-0.05, 0) is 43.1 Å². The van der Waals surface area contributed by atoms with Crippen LogP contribution in [0, 0.1) is 15.9 Å². The fourth-order valence-corrected chi connectivity index (χ4v) is 3.49. The minimum atomic E-state index is -0.344. The maximum Gasteiger partial charge on any atom is 0.269 e. The molecule has 6 heteroatoms. The zero-order chi connectivity index (χ0) is 18.5. The predicted octanol–water partition coefficient (Wildman–Crippen LogP) is 4.00. The van der Waals surface area contributed by atoms with Gasteiger partial charge in [-0.2, -0.15) is 0 Å². The summed E-state index contributed by atoms with van der Waals surface area (Å²) in [6.07, 6.45) is 1.04. The molecule has 0 saturated carbocycles. The number of nitro groups is 1. The summed E-state index contributed by atoms with van der Waals surface area (Å²) >= 11 is 0. The van der Waals surface area contributed by atoms with Crippen molar-refractivity contribution in [1.29, 1.82) is 0 Å². The van der Waals surface area contributed by atoms with E-state index in [-0.39, 0.29) is 22.5 Å². The molecule has 2 aromatic carbocycles. The monoisotopic (exact) mass is 357 g/mol. The second kappa shape index (κ2) is 8.38. The Morgan fingerprint density at radius 1 is 1.12 bits per heavy atom. The maximum atomic E-state index is 13.0. The average Bonchev–Trinajstić information content (AvgIpc) is 2.89. The lowest BCUT2D eigenvalue weighted by molar-refractivity contribution is -0.384. The van der Waals surface area contributed by atoms with Crippen LogP contribution in [0.4, 0.5) is 10.1 Å². The standard InChI is InChI=1S/C20H24FN3O2/c1-16(18-4-2-5-20(14-18)24(25)26)23-11-3-10-22(12-13-23)15-17-6-8-19(21)9-7-17/h2,4-9,14,16H,3,10-13,15H2,1H3. The molecular formula is C20H24FN3O2. The molecule has 0 bridgehead atoms. The lowest BCUT2D eigenvalue weighted by atomic mass is 10.1. The fraction of sp³-hybridized carbons (Fsp3) is 0.400. The molecule has 138 valence electrons. The van der Waals surface area contributed by atoms with Crippen molar-refractivity contribution in [3.63, 3.8) is 0 Å². The zero-order valence-electron chi connectivity index (χ0n) is 15.0. The fourth-order valence-electron chi connectivity index (χ4n) is 3.49. The van der Waals surface area contributed by atoms with Gasteiger partial charge in [-0.1, -0.05) is 24.3 Å². The molecule has 1 atom stereocenters. The van der Waals surface area contributed by atoms with Crippen molar-refractivity contribution in [3.05, 3.63) is 75.6 Å². The summed E-state index contributed by atoms with van der Waals surface area (Å²) < 4.78 is 13.0. The van der Waals surface area contributed by atoms with Crippen LogP contribution in [0.15, 0.2) is 48.5 Å². The van der Waals surface area contributed by atoms with Crippen LogP contribution in [0.2, 0.25) is 0 Å². The predicted molar refractivity (Wildman–Crippen MR) is 99.4 cm³/mol. The summed E-state index contributed by atoms with van der Waals surface area (Å²) in [7, 11) is 0. The number of hydrogen-bond donors (Lipinski definition) is 0. The minimum Gasteiger partial charge on any atom is -0.298 e. The first kappa shape index (κ1) is 18.5. The van der Waals surface area contributed by atoms with Gasteiger partial charge in [-0.3, -0.25) is 19.9 Å². The van der Waals surface area contributed by atoms with Crippen molar-refractivity contribution in [2.75, 3.05) is 26.2 Å². The molecule has 1 aliphatic rings. The SMILES string of the molecule is CC(c1cccc([N+](=O)[O-])c1)N1CCCN(Cc2ccc(F)cc2)CC1. The first-order valence-electron chi connectivity index (χ1n) is 8.98.